The highest BCUT2D eigenvalue weighted by atomic mass is 16.6. The van der Waals surface area contributed by atoms with Crippen LogP contribution in [-0.4, -0.2) is 41.8 Å². The molecule has 4 nitrogen and oxygen atoms in total. The van der Waals surface area contributed by atoms with Crippen molar-refractivity contribution in [3.63, 3.8) is 0 Å². The molecule has 82 valence electrons. The number of morpholine rings is 1. The molecule has 1 fully saturated rings. The van der Waals surface area contributed by atoms with Gasteiger partial charge in [0.15, 0.2) is 5.78 Å². The monoisotopic (exact) mass is 209 g/mol. The molecule has 1 saturated heterocycles. The van der Waals surface area contributed by atoms with Crippen LogP contribution in [0.15, 0.2) is 22.9 Å². The Bertz CT molecular complexity index is 383. The predicted molar refractivity (Wildman–Crippen MR) is 55.0 cm³/mol. The number of allylic oxidation sites excluding steroid dienone is 2. The van der Waals surface area contributed by atoms with Gasteiger partial charge in [0.1, 0.15) is 0 Å². The first-order valence-corrected chi connectivity index (χ1v) is 4.98. The Kier molecular flexibility index (Phi) is 2.20. The Morgan fingerprint density at radius 1 is 1.53 bits per heavy atom. The molecule has 15 heavy (non-hydrogen) atoms. The fourth-order valence-corrected chi connectivity index (χ4v) is 1.96. The molecule has 0 radical (unpaired) electrons. The van der Waals surface area contributed by atoms with E-state index in [2.05, 4.69) is 0 Å². The van der Waals surface area contributed by atoms with E-state index in [1.165, 1.54) is 6.08 Å². The van der Waals surface area contributed by atoms with Crippen LogP contribution in [0.3, 0.4) is 0 Å². The number of carbonyl (C=O) groups is 1. The van der Waals surface area contributed by atoms with Crippen molar-refractivity contribution < 1.29 is 14.6 Å². The Labute approximate surface area is 88.8 Å². The normalized spacial score (nSPS) is 31.6. The highest BCUT2D eigenvalue weighted by Crippen LogP contribution is 2.37. The molecule has 1 N–H and O–H groups in total. The lowest BCUT2D eigenvalue weighted by Gasteiger charge is -2.43. The first kappa shape index (κ1) is 10.4. The van der Waals surface area contributed by atoms with Gasteiger partial charge in [0.2, 0.25) is 5.79 Å². The number of hydrogen-bond donors (Lipinski definition) is 1. The summed E-state index contributed by atoms with van der Waals surface area (Å²) < 4.78 is 5.41. The lowest BCUT2D eigenvalue weighted by molar-refractivity contribution is -0.183. The van der Waals surface area contributed by atoms with E-state index in [1.54, 1.807) is 13.8 Å². The fourth-order valence-electron chi connectivity index (χ4n) is 1.96. The van der Waals surface area contributed by atoms with Gasteiger partial charge < -0.3 is 14.7 Å². The molecule has 0 bridgehead atoms. The standard InChI is InChI=1S/C11H15NO3/c1-7-8(2)11(14)10(6-9(7)13)12(3)4-5-15-11/h6,14H,4-5H2,1-3H3. The van der Waals surface area contributed by atoms with Crippen LogP contribution in [-0.2, 0) is 9.53 Å². The maximum Gasteiger partial charge on any atom is 0.231 e. The minimum absolute atomic E-state index is 0.0514. The average Bonchev–Trinajstić information content (AvgIpc) is 2.19. The molecule has 0 aromatic heterocycles. The van der Waals surface area contributed by atoms with Gasteiger partial charge in [0.25, 0.3) is 0 Å². The first-order chi connectivity index (χ1) is 6.97. The minimum Gasteiger partial charge on any atom is -0.371 e. The minimum atomic E-state index is -1.40. The molecule has 0 aromatic carbocycles. The molecule has 0 amide bonds. The second kappa shape index (κ2) is 3.18. The molecule has 2 aliphatic rings. The summed E-state index contributed by atoms with van der Waals surface area (Å²) in [6, 6.07) is 0. The largest absolute Gasteiger partial charge is 0.371 e. The lowest BCUT2D eigenvalue weighted by Crippen LogP contribution is -2.51. The Balaban J connectivity index is 2.52. The summed E-state index contributed by atoms with van der Waals surface area (Å²) in [5, 5.41) is 10.4. The molecule has 0 saturated carbocycles. The molecule has 1 aliphatic heterocycles. The maximum absolute atomic E-state index is 11.6. The first-order valence-electron chi connectivity index (χ1n) is 4.98. The summed E-state index contributed by atoms with van der Waals surface area (Å²) in [7, 11) is 1.85. The molecule has 1 atom stereocenters. The molecule has 4 heteroatoms. The summed E-state index contributed by atoms with van der Waals surface area (Å²) in [4.78, 5) is 13.5. The van der Waals surface area contributed by atoms with Gasteiger partial charge in [-0.1, -0.05) is 0 Å². The molecule has 1 heterocycles. The van der Waals surface area contributed by atoms with Crippen LogP contribution in [0.2, 0.25) is 0 Å². The van der Waals surface area contributed by atoms with E-state index in [-0.39, 0.29) is 5.78 Å². The van der Waals surface area contributed by atoms with E-state index in [0.717, 1.165) is 0 Å². The Morgan fingerprint density at radius 2 is 2.20 bits per heavy atom. The summed E-state index contributed by atoms with van der Waals surface area (Å²) >= 11 is 0. The van der Waals surface area contributed by atoms with E-state index in [1.807, 2.05) is 11.9 Å². The third-order valence-corrected chi connectivity index (χ3v) is 3.20. The van der Waals surface area contributed by atoms with Gasteiger partial charge in [-0.3, -0.25) is 4.79 Å². The Morgan fingerprint density at radius 3 is 2.87 bits per heavy atom. The number of rotatable bonds is 0. The number of fused-ring (bicyclic) bond motifs is 1. The SMILES string of the molecule is CC1=C(C)C2(O)OCCN(C)C2=CC1=O. The third-order valence-electron chi connectivity index (χ3n) is 3.20. The number of likely N-dealkylation sites (N-methyl/N-ethyl adjacent to an activating group) is 1. The van der Waals surface area contributed by atoms with Gasteiger partial charge in [-0.05, 0) is 19.4 Å². The van der Waals surface area contributed by atoms with Crippen LogP contribution in [0, 0.1) is 0 Å². The number of nitrogens with zero attached hydrogens (tertiary/aromatic N) is 1. The highest BCUT2D eigenvalue weighted by molar-refractivity contribution is 6.06. The van der Waals surface area contributed by atoms with Crippen molar-refractivity contribution in [1.82, 2.24) is 4.90 Å². The van der Waals surface area contributed by atoms with Gasteiger partial charge in [-0.2, -0.15) is 0 Å². The molecular weight excluding hydrogens is 194 g/mol. The van der Waals surface area contributed by atoms with Crippen LogP contribution in [0.25, 0.3) is 0 Å². The number of carbonyl (C=O) groups excluding carboxylic acids is 1. The second-order valence-corrected chi connectivity index (χ2v) is 4.06. The van der Waals surface area contributed by atoms with Crippen molar-refractivity contribution in [2.24, 2.45) is 0 Å². The van der Waals surface area contributed by atoms with Crippen molar-refractivity contribution >= 4 is 5.78 Å². The Hall–Kier alpha value is -1.13. The van der Waals surface area contributed by atoms with Crippen LogP contribution in [0.1, 0.15) is 13.8 Å². The fraction of sp³-hybridized carbons (Fsp3) is 0.545. The van der Waals surface area contributed by atoms with Crippen LogP contribution < -0.4 is 0 Å². The van der Waals surface area contributed by atoms with Crippen LogP contribution in [0.5, 0.6) is 0 Å². The van der Waals surface area contributed by atoms with E-state index in [4.69, 9.17) is 4.74 Å². The second-order valence-electron chi connectivity index (χ2n) is 4.06. The van der Waals surface area contributed by atoms with Crippen LogP contribution >= 0.6 is 0 Å². The molecule has 2 rings (SSSR count). The lowest BCUT2D eigenvalue weighted by atomic mass is 9.89. The molecular formula is C11H15NO3. The van der Waals surface area contributed by atoms with Crippen LogP contribution in [0.4, 0.5) is 0 Å². The summed E-state index contributed by atoms with van der Waals surface area (Å²) in [5.74, 6) is -1.45. The molecule has 1 aliphatic carbocycles. The van der Waals surface area contributed by atoms with Crippen molar-refractivity contribution in [2.75, 3.05) is 20.2 Å². The van der Waals surface area contributed by atoms with Gasteiger partial charge in [0.05, 0.1) is 12.3 Å². The van der Waals surface area contributed by atoms with Crippen molar-refractivity contribution in [3.05, 3.63) is 22.9 Å². The number of ether oxygens (including phenoxy) is 1. The maximum atomic E-state index is 11.6. The summed E-state index contributed by atoms with van der Waals surface area (Å²) in [5.41, 5.74) is 1.70. The van der Waals surface area contributed by atoms with Crippen molar-refractivity contribution in [2.45, 2.75) is 19.6 Å². The predicted octanol–water partition coefficient (Wildman–Crippen LogP) is 0.440. The van der Waals surface area contributed by atoms with E-state index >= 15 is 0 Å². The third kappa shape index (κ3) is 1.33. The zero-order chi connectivity index (χ0) is 11.2. The quantitative estimate of drug-likeness (QED) is 0.629. The van der Waals surface area contributed by atoms with E-state index < -0.39 is 5.79 Å². The molecule has 1 unspecified atom stereocenters. The molecule has 0 spiro atoms. The van der Waals surface area contributed by atoms with E-state index in [9.17, 15) is 9.90 Å². The van der Waals surface area contributed by atoms with Gasteiger partial charge in [-0.15, -0.1) is 0 Å². The van der Waals surface area contributed by atoms with E-state index in [0.29, 0.717) is 30.0 Å². The topological polar surface area (TPSA) is 49.8 Å². The van der Waals surface area contributed by atoms with Gasteiger partial charge >= 0.3 is 0 Å². The smallest absolute Gasteiger partial charge is 0.231 e. The van der Waals surface area contributed by atoms with Crippen molar-refractivity contribution in [1.29, 1.82) is 0 Å². The average molecular weight is 209 g/mol. The zero-order valence-electron chi connectivity index (χ0n) is 9.20. The number of aliphatic hydroxyl groups is 1. The number of hydrogen-bond acceptors (Lipinski definition) is 4. The molecule has 0 aromatic rings. The zero-order valence-corrected chi connectivity index (χ0v) is 9.20. The summed E-state index contributed by atoms with van der Waals surface area (Å²) in [6.45, 7) is 4.59. The van der Waals surface area contributed by atoms with Gasteiger partial charge in [-0.25, -0.2) is 0 Å². The number of ketones is 1. The highest BCUT2D eigenvalue weighted by Gasteiger charge is 2.44. The summed E-state index contributed by atoms with van der Waals surface area (Å²) in [6.07, 6.45) is 1.46. The van der Waals surface area contributed by atoms with Crippen molar-refractivity contribution in [3.8, 4) is 0 Å². The van der Waals surface area contributed by atoms with Gasteiger partial charge in [0, 0.05) is 25.2 Å².